The molecule has 1 aromatic rings. The number of sulfonamides is 1. The summed E-state index contributed by atoms with van der Waals surface area (Å²) in [5.74, 6) is 0. The topological polar surface area (TPSA) is 66.1 Å². The smallest absolute Gasteiger partial charge is 0.259 e. The Morgan fingerprint density at radius 3 is 2.79 bits per heavy atom. The minimum absolute atomic E-state index is 0.0808. The van der Waals surface area contributed by atoms with Crippen LogP contribution in [-0.2, 0) is 10.0 Å². The third-order valence-corrected chi connectivity index (χ3v) is 3.56. The van der Waals surface area contributed by atoms with E-state index in [-0.39, 0.29) is 16.9 Å². The predicted octanol–water partition coefficient (Wildman–Crippen LogP) is 0.658. The molecule has 0 saturated heterocycles. The number of H-pyrrole nitrogens is 1. The predicted molar refractivity (Wildman–Crippen MR) is 53.7 cm³/mol. The number of aromatic amines is 1. The molecule has 0 bridgehead atoms. The van der Waals surface area contributed by atoms with Crippen LogP contribution in [0.4, 0.5) is 0 Å². The van der Waals surface area contributed by atoms with Crippen LogP contribution >= 0.6 is 11.6 Å². The van der Waals surface area contributed by atoms with Crippen molar-refractivity contribution < 1.29 is 8.42 Å². The number of imidazole rings is 1. The first-order valence-electron chi connectivity index (χ1n) is 4.03. The standard InChI is InChI=1S/C7H12ClN3O2S/c1-6(8)4-11(2)14(12,13)7-3-9-5-10-7/h3,5-6H,4H2,1-2H3,(H,9,10). The number of nitrogens with zero attached hydrogens (tertiary/aromatic N) is 2. The third kappa shape index (κ3) is 2.46. The molecule has 0 fully saturated rings. The van der Waals surface area contributed by atoms with Crippen molar-refractivity contribution in [1.82, 2.24) is 14.3 Å². The van der Waals surface area contributed by atoms with E-state index in [1.54, 1.807) is 6.92 Å². The molecule has 7 heteroatoms. The van der Waals surface area contributed by atoms with Crippen LogP contribution in [0.15, 0.2) is 17.6 Å². The van der Waals surface area contributed by atoms with Crippen molar-refractivity contribution in [2.24, 2.45) is 0 Å². The van der Waals surface area contributed by atoms with Gasteiger partial charge in [-0.15, -0.1) is 11.6 Å². The molecule has 1 heterocycles. The maximum atomic E-state index is 11.7. The number of alkyl halides is 1. The third-order valence-electron chi connectivity index (χ3n) is 1.67. The van der Waals surface area contributed by atoms with Crippen molar-refractivity contribution >= 4 is 21.6 Å². The Kier molecular flexibility index (Phi) is 3.52. The lowest BCUT2D eigenvalue weighted by atomic mass is 10.5. The van der Waals surface area contributed by atoms with Gasteiger partial charge in [-0.1, -0.05) is 0 Å². The lowest BCUT2D eigenvalue weighted by molar-refractivity contribution is 0.468. The van der Waals surface area contributed by atoms with E-state index in [9.17, 15) is 8.42 Å². The normalized spacial score (nSPS) is 14.6. The SMILES string of the molecule is CC(Cl)CN(C)S(=O)(=O)c1cnc[nH]1. The molecule has 1 atom stereocenters. The van der Waals surface area contributed by atoms with Gasteiger partial charge in [0.15, 0.2) is 5.03 Å². The van der Waals surface area contributed by atoms with Crippen LogP contribution in [0.1, 0.15) is 6.92 Å². The molecule has 0 aliphatic rings. The van der Waals surface area contributed by atoms with Gasteiger partial charge in [0.1, 0.15) is 0 Å². The minimum Gasteiger partial charge on any atom is -0.335 e. The Hall–Kier alpha value is -0.590. The van der Waals surface area contributed by atoms with Crippen molar-refractivity contribution in [3.05, 3.63) is 12.5 Å². The fourth-order valence-electron chi connectivity index (χ4n) is 1.00. The average Bonchev–Trinajstić information content (AvgIpc) is 2.54. The zero-order valence-corrected chi connectivity index (χ0v) is 9.51. The molecule has 0 amide bonds. The summed E-state index contributed by atoms with van der Waals surface area (Å²) in [7, 11) is -1.98. The quantitative estimate of drug-likeness (QED) is 0.783. The number of rotatable bonds is 4. The zero-order valence-electron chi connectivity index (χ0n) is 7.94. The molecule has 1 unspecified atom stereocenters. The van der Waals surface area contributed by atoms with Gasteiger partial charge >= 0.3 is 0 Å². The Balaban J connectivity index is 2.86. The number of nitrogens with one attached hydrogen (secondary N) is 1. The summed E-state index contributed by atoms with van der Waals surface area (Å²) in [4.78, 5) is 6.20. The molecule has 0 saturated carbocycles. The van der Waals surface area contributed by atoms with Gasteiger partial charge in [-0.25, -0.2) is 13.4 Å². The van der Waals surface area contributed by atoms with E-state index >= 15 is 0 Å². The molecule has 0 spiro atoms. The molecular weight excluding hydrogens is 226 g/mol. The van der Waals surface area contributed by atoms with Gasteiger partial charge in [0.05, 0.1) is 12.5 Å². The van der Waals surface area contributed by atoms with Gasteiger partial charge in [0.2, 0.25) is 0 Å². The van der Waals surface area contributed by atoms with Crippen LogP contribution in [0.3, 0.4) is 0 Å². The molecule has 14 heavy (non-hydrogen) atoms. The van der Waals surface area contributed by atoms with Crippen LogP contribution in [0.5, 0.6) is 0 Å². The van der Waals surface area contributed by atoms with Gasteiger partial charge in [-0.2, -0.15) is 4.31 Å². The second-order valence-electron chi connectivity index (χ2n) is 2.98. The van der Waals surface area contributed by atoms with E-state index in [0.717, 1.165) is 0 Å². The summed E-state index contributed by atoms with van der Waals surface area (Å²) in [6.07, 6.45) is 2.59. The molecule has 5 nitrogen and oxygen atoms in total. The molecule has 80 valence electrons. The van der Waals surface area contributed by atoms with Gasteiger partial charge < -0.3 is 4.98 Å². The van der Waals surface area contributed by atoms with E-state index in [1.165, 1.54) is 23.9 Å². The second kappa shape index (κ2) is 4.29. The fraction of sp³-hybridized carbons (Fsp3) is 0.571. The lowest BCUT2D eigenvalue weighted by Gasteiger charge is -2.16. The molecular formula is C7H12ClN3O2S. The van der Waals surface area contributed by atoms with E-state index in [0.29, 0.717) is 0 Å². The number of aromatic nitrogens is 2. The van der Waals surface area contributed by atoms with Crippen LogP contribution in [0.2, 0.25) is 0 Å². The maximum Gasteiger partial charge on any atom is 0.259 e. The van der Waals surface area contributed by atoms with Gasteiger partial charge in [0.25, 0.3) is 10.0 Å². The van der Waals surface area contributed by atoms with E-state index < -0.39 is 10.0 Å². The lowest BCUT2D eigenvalue weighted by Crippen LogP contribution is -2.31. The first kappa shape index (κ1) is 11.5. The number of halogens is 1. The molecule has 0 aromatic carbocycles. The molecule has 1 N–H and O–H groups in total. The van der Waals surface area contributed by atoms with Crippen LogP contribution in [-0.4, -0.2) is 41.7 Å². The van der Waals surface area contributed by atoms with Gasteiger partial charge in [-0.3, -0.25) is 0 Å². The second-order valence-corrected chi connectivity index (χ2v) is 5.74. The summed E-state index contributed by atoms with van der Waals surface area (Å²) in [5, 5.41) is -0.144. The molecule has 0 radical (unpaired) electrons. The summed E-state index contributed by atoms with van der Waals surface area (Å²) >= 11 is 5.71. The first-order valence-corrected chi connectivity index (χ1v) is 5.91. The van der Waals surface area contributed by atoms with E-state index in [2.05, 4.69) is 9.97 Å². The minimum atomic E-state index is -3.46. The van der Waals surface area contributed by atoms with E-state index in [1.807, 2.05) is 0 Å². The highest BCUT2D eigenvalue weighted by atomic mass is 35.5. The van der Waals surface area contributed by atoms with Crippen LogP contribution in [0.25, 0.3) is 0 Å². The number of hydrogen-bond acceptors (Lipinski definition) is 3. The largest absolute Gasteiger partial charge is 0.335 e. The van der Waals surface area contributed by atoms with Gasteiger partial charge in [0, 0.05) is 19.0 Å². The molecule has 0 aliphatic carbocycles. The Morgan fingerprint density at radius 2 is 2.36 bits per heavy atom. The highest BCUT2D eigenvalue weighted by Gasteiger charge is 2.22. The van der Waals surface area contributed by atoms with Crippen LogP contribution in [0, 0.1) is 0 Å². The maximum absolute atomic E-state index is 11.7. The van der Waals surface area contributed by atoms with Crippen LogP contribution < -0.4 is 0 Å². The highest BCUT2D eigenvalue weighted by Crippen LogP contribution is 2.11. The summed E-state index contributed by atoms with van der Waals surface area (Å²) in [5.41, 5.74) is 0. The highest BCUT2D eigenvalue weighted by molar-refractivity contribution is 7.89. The van der Waals surface area contributed by atoms with Crippen molar-refractivity contribution in [3.63, 3.8) is 0 Å². The molecule has 1 rings (SSSR count). The average molecular weight is 238 g/mol. The zero-order chi connectivity index (χ0) is 10.8. The summed E-state index contributed by atoms with van der Waals surface area (Å²) in [6, 6.07) is 0. The number of hydrogen-bond donors (Lipinski definition) is 1. The summed E-state index contributed by atoms with van der Waals surface area (Å²) < 4.78 is 24.6. The fourth-order valence-corrected chi connectivity index (χ4v) is 2.44. The van der Waals surface area contributed by atoms with Crippen molar-refractivity contribution in [2.45, 2.75) is 17.3 Å². The van der Waals surface area contributed by atoms with Crippen molar-refractivity contribution in [1.29, 1.82) is 0 Å². The Labute approximate surface area is 88.1 Å². The van der Waals surface area contributed by atoms with E-state index in [4.69, 9.17) is 11.6 Å². The first-order chi connectivity index (χ1) is 6.44. The molecule has 1 aromatic heterocycles. The summed E-state index contributed by atoms with van der Waals surface area (Å²) in [6.45, 7) is 2.00. The van der Waals surface area contributed by atoms with Gasteiger partial charge in [-0.05, 0) is 6.92 Å². The Bertz CT molecular complexity index is 374. The Morgan fingerprint density at radius 1 is 1.71 bits per heavy atom. The van der Waals surface area contributed by atoms with Crippen molar-refractivity contribution in [3.8, 4) is 0 Å². The van der Waals surface area contributed by atoms with Crippen molar-refractivity contribution in [2.75, 3.05) is 13.6 Å². The molecule has 0 aliphatic heterocycles. The monoisotopic (exact) mass is 237 g/mol.